The summed E-state index contributed by atoms with van der Waals surface area (Å²) in [4.78, 5) is 33.7. The maximum absolute atomic E-state index is 12.4. The Morgan fingerprint density at radius 1 is 0.818 bits per heavy atom. The number of rotatable bonds is 12. The molecule has 0 bridgehead atoms. The molecule has 0 aliphatic heterocycles. The lowest BCUT2D eigenvalue weighted by Crippen LogP contribution is -2.48. The lowest BCUT2D eigenvalue weighted by molar-refractivity contribution is -0.922. The van der Waals surface area contributed by atoms with Gasteiger partial charge in [-0.15, -0.1) is 0 Å². The monoisotopic (exact) mass is 632 g/mol. The molecular formula is C32H44N2O9S. The van der Waals surface area contributed by atoms with Crippen molar-refractivity contribution in [3.05, 3.63) is 70.3 Å². The Balaban J connectivity index is 0.000000340. The molecule has 4 rings (SSSR count). The van der Waals surface area contributed by atoms with Crippen molar-refractivity contribution in [1.82, 2.24) is 0 Å². The molecule has 2 aliphatic rings. The summed E-state index contributed by atoms with van der Waals surface area (Å²) in [5.41, 5.74) is 0.819. The van der Waals surface area contributed by atoms with Crippen LogP contribution in [0.15, 0.2) is 59.5 Å². The summed E-state index contributed by atoms with van der Waals surface area (Å²) >= 11 is 0. The number of quaternary nitrogens is 1. The van der Waals surface area contributed by atoms with Gasteiger partial charge in [-0.25, -0.2) is 8.42 Å². The fourth-order valence-electron chi connectivity index (χ4n) is 5.69. The number of likely N-dealkylation sites (N-methyl/N-ethyl adjacent to an activating group) is 1. The number of hydrogen-bond donors (Lipinski definition) is 0. The van der Waals surface area contributed by atoms with Gasteiger partial charge in [-0.3, -0.25) is 19.7 Å². The van der Waals surface area contributed by atoms with Gasteiger partial charge in [0.1, 0.15) is 43.0 Å². The first kappa shape index (κ1) is 35.1. The maximum Gasteiger partial charge on any atom is 0.309 e. The van der Waals surface area contributed by atoms with E-state index in [1.165, 1.54) is 18.4 Å². The van der Waals surface area contributed by atoms with Crippen LogP contribution in [-0.2, 0) is 35.7 Å². The standard InChI is InChI=1S/C26H40NO4.C6H5NO5S/c1-27(21-22-11-5-2-6-12-22,17-19-30-25(28)23-13-7-3-8-14-23)18-20-31-26(29)24-15-9-4-10-16-24;8-7(9)5-2-1-3-6(4-5)13(10,11)12/h2,5-6,11-12,23-24H,3-4,7-10,13-21H2,1H3;1-4H,(H,10,11,12)/q+1;/p-1. The third kappa shape index (κ3) is 12.0. The number of nitro groups is 1. The van der Waals surface area contributed by atoms with E-state index in [0.29, 0.717) is 30.8 Å². The first-order valence-electron chi connectivity index (χ1n) is 15.4. The van der Waals surface area contributed by atoms with Gasteiger partial charge in [0.2, 0.25) is 0 Å². The largest absolute Gasteiger partial charge is 0.744 e. The number of nitro benzene ring substituents is 1. The predicted octanol–water partition coefficient (Wildman–Crippen LogP) is 5.38. The van der Waals surface area contributed by atoms with E-state index in [1.54, 1.807) is 0 Å². The topological polar surface area (TPSA) is 153 Å². The van der Waals surface area contributed by atoms with E-state index in [-0.39, 0.29) is 23.8 Å². The van der Waals surface area contributed by atoms with E-state index in [0.717, 1.165) is 82.2 Å². The second-order valence-corrected chi connectivity index (χ2v) is 13.3. The number of carbonyl (C=O) groups excluding carboxylic acids is 2. The van der Waals surface area contributed by atoms with Gasteiger partial charge >= 0.3 is 11.9 Å². The third-order valence-corrected chi connectivity index (χ3v) is 9.18. The molecule has 44 heavy (non-hydrogen) atoms. The van der Waals surface area contributed by atoms with Crippen molar-refractivity contribution in [2.24, 2.45) is 11.8 Å². The van der Waals surface area contributed by atoms with E-state index in [2.05, 4.69) is 19.2 Å². The molecule has 0 aromatic heterocycles. The highest BCUT2D eigenvalue weighted by molar-refractivity contribution is 7.85. The molecule has 2 aromatic rings. The Hall–Kier alpha value is -3.35. The van der Waals surface area contributed by atoms with Crippen LogP contribution in [0, 0.1) is 22.0 Å². The normalized spacial score (nSPS) is 16.3. The second-order valence-electron chi connectivity index (χ2n) is 11.9. The summed E-state index contributed by atoms with van der Waals surface area (Å²) < 4.78 is 43.3. The first-order valence-corrected chi connectivity index (χ1v) is 16.8. The molecule has 0 radical (unpaired) electrons. The van der Waals surface area contributed by atoms with Gasteiger partial charge in [0.05, 0.1) is 28.7 Å². The number of hydrogen-bond acceptors (Lipinski definition) is 9. The molecule has 12 heteroatoms. The van der Waals surface area contributed by atoms with Gasteiger partial charge in [0.25, 0.3) is 5.69 Å². The van der Waals surface area contributed by atoms with Crippen LogP contribution in [0.25, 0.3) is 0 Å². The van der Waals surface area contributed by atoms with E-state index in [1.807, 2.05) is 18.2 Å². The molecular weight excluding hydrogens is 588 g/mol. The summed E-state index contributed by atoms with van der Waals surface area (Å²) in [6.45, 7) is 3.08. The van der Waals surface area contributed by atoms with Crippen LogP contribution >= 0.6 is 0 Å². The minimum Gasteiger partial charge on any atom is -0.744 e. The van der Waals surface area contributed by atoms with Crippen LogP contribution < -0.4 is 0 Å². The van der Waals surface area contributed by atoms with E-state index >= 15 is 0 Å². The molecule has 2 aromatic carbocycles. The number of carbonyl (C=O) groups is 2. The van der Waals surface area contributed by atoms with E-state index < -0.39 is 25.6 Å². The van der Waals surface area contributed by atoms with E-state index in [9.17, 15) is 32.7 Å². The summed E-state index contributed by atoms with van der Waals surface area (Å²) in [6, 6.07) is 14.3. The highest BCUT2D eigenvalue weighted by Crippen LogP contribution is 2.26. The van der Waals surface area contributed by atoms with Crippen molar-refractivity contribution in [2.45, 2.75) is 75.6 Å². The minimum absolute atomic E-state index is 0.0327. The van der Waals surface area contributed by atoms with Crippen molar-refractivity contribution >= 4 is 27.7 Å². The van der Waals surface area contributed by atoms with Crippen molar-refractivity contribution in [3.63, 3.8) is 0 Å². The third-order valence-electron chi connectivity index (χ3n) is 8.35. The highest BCUT2D eigenvalue weighted by Gasteiger charge is 2.28. The van der Waals surface area contributed by atoms with Gasteiger partial charge in [0.15, 0.2) is 0 Å². The molecule has 0 atom stereocenters. The number of nitrogens with zero attached hydrogens (tertiary/aromatic N) is 2. The zero-order valence-corrected chi connectivity index (χ0v) is 26.3. The van der Waals surface area contributed by atoms with Crippen LogP contribution in [0.2, 0.25) is 0 Å². The maximum atomic E-state index is 12.4. The number of non-ortho nitro benzene ring substituents is 1. The number of esters is 2. The van der Waals surface area contributed by atoms with Crippen molar-refractivity contribution in [1.29, 1.82) is 0 Å². The fourth-order valence-corrected chi connectivity index (χ4v) is 6.20. The molecule has 2 saturated carbocycles. The van der Waals surface area contributed by atoms with Crippen molar-refractivity contribution < 1.29 is 41.4 Å². The van der Waals surface area contributed by atoms with Gasteiger partial charge in [0, 0.05) is 17.7 Å². The number of benzene rings is 2. The van der Waals surface area contributed by atoms with Gasteiger partial charge in [-0.05, 0) is 31.7 Å². The van der Waals surface area contributed by atoms with Crippen molar-refractivity contribution in [2.75, 3.05) is 33.4 Å². The van der Waals surface area contributed by atoms with Gasteiger partial charge in [-0.1, -0.05) is 74.9 Å². The summed E-state index contributed by atoms with van der Waals surface area (Å²) in [5.74, 6) is 0.0977. The van der Waals surface area contributed by atoms with E-state index in [4.69, 9.17) is 9.47 Å². The fraction of sp³-hybridized carbons (Fsp3) is 0.562. The molecule has 2 aliphatic carbocycles. The SMILES string of the molecule is C[N+](CCOC(=O)C1CCCCC1)(CCOC(=O)C1CCCCC1)Cc1ccccc1.O=[N+]([O-])c1cccc(S(=O)(=O)[O-])c1. The van der Waals surface area contributed by atoms with Crippen LogP contribution in [0.4, 0.5) is 5.69 Å². The Morgan fingerprint density at radius 3 is 1.77 bits per heavy atom. The van der Waals surface area contributed by atoms with Gasteiger partial charge < -0.3 is 18.5 Å². The zero-order chi connectivity index (χ0) is 32.0. The molecule has 11 nitrogen and oxygen atoms in total. The summed E-state index contributed by atoms with van der Waals surface area (Å²) in [5, 5.41) is 10.2. The van der Waals surface area contributed by atoms with Crippen LogP contribution in [-0.4, -0.2) is 67.7 Å². The number of ether oxygens (including phenoxy) is 2. The highest BCUT2D eigenvalue weighted by atomic mass is 32.2. The Bertz CT molecular complexity index is 1290. The molecule has 0 amide bonds. The van der Waals surface area contributed by atoms with Crippen molar-refractivity contribution in [3.8, 4) is 0 Å². The summed E-state index contributed by atoms with van der Waals surface area (Å²) in [7, 11) is -2.45. The molecule has 0 N–H and O–H groups in total. The molecule has 2 fully saturated rings. The van der Waals surface area contributed by atoms with Crippen LogP contribution in [0.3, 0.4) is 0 Å². The molecule has 242 valence electrons. The molecule has 0 spiro atoms. The Kier molecular flexibility index (Phi) is 13.7. The lowest BCUT2D eigenvalue weighted by atomic mass is 9.89. The Morgan fingerprint density at radius 2 is 1.32 bits per heavy atom. The first-order chi connectivity index (χ1) is 21.0. The molecule has 0 unspecified atom stereocenters. The quantitative estimate of drug-likeness (QED) is 0.0987. The lowest BCUT2D eigenvalue weighted by Gasteiger charge is -2.34. The Labute approximate surface area is 260 Å². The smallest absolute Gasteiger partial charge is 0.309 e. The summed E-state index contributed by atoms with van der Waals surface area (Å²) in [6.07, 6.45) is 10.9. The predicted molar refractivity (Wildman–Crippen MR) is 162 cm³/mol. The van der Waals surface area contributed by atoms with Gasteiger partial charge in [-0.2, -0.15) is 0 Å². The average molecular weight is 633 g/mol. The molecule has 0 saturated heterocycles. The minimum atomic E-state index is -4.61. The molecule has 0 heterocycles. The van der Waals surface area contributed by atoms with Crippen LogP contribution in [0.5, 0.6) is 0 Å². The van der Waals surface area contributed by atoms with Crippen LogP contribution in [0.1, 0.15) is 69.8 Å². The average Bonchev–Trinajstić information content (AvgIpc) is 3.02. The zero-order valence-electron chi connectivity index (χ0n) is 25.4. The second kappa shape index (κ2) is 17.2.